The number of hydrogen-bond donors (Lipinski definition) is 0. The van der Waals surface area contributed by atoms with Gasteiger partial charge in [-0.3, -0.25) is 0 Å². The van der Waals surface area contributed by atoms with Gasteiger partial charge < -0.3 is 9.64 Å². The molecular formula is C52H84N4O. The maximum atomic E-state index is 10.1. The van der Waals surface area contributed by atoms with Crippen molar-refractivity contribution in [1.29, 1.82) is 15.8 Å². The normalized spacial score (nSPS) is 13.3. The zero-order valence-electron chi connectivity index (χ0n) is 37.5. The van der Waals surface area contributed by atoms with E-state index >= 15 is 0 Å². The van der Waals surface area contributed by atoms with E-state index in [0.29, 0.717) is 0 Å². The van der Waals surface area contributed by atoms with Crippen molar-refractivity contribution in [2.45, 2.75) is 239 Å². The second-order valence-corrected chi connectivity index (χ2v) is 17.5. The molecule has 5 nitrogen and oxygen atoms in total. The van der Waals surface area contributed by atoms with Gasteiger partial charge in [-0.2, -0.15) is 15.8 Å². The second kappa shape index (κ2) is 32.7. The van der Waals surface area contributed by atoms with Gasteiger partial charge in [-0.25, -0.2) is 0 Å². The molecule has 1 aliphatic rings. The summed E-state index contributed by atoms with van der Waals surface area (Å²) in [6.45, 7) is 10.5. The summed E-state index contributed by atoms with van der Waals surface area (Å²) in [4.78, 5) is 2.57. The number of unbranched alkanes of at least 4 members (excludes halogenated alkanes) is 30. The van der Waals surface area contributed by atoms with Crippen LogP contribution < -0.4 is 4.90 Å². The maximum Gasteiger partial charge on any atom is 0.172 e. The molecule has 1 aliphatic heterocycles. The van der Waals surface area contributed by atoms with Gasteiger partial charge in [-0.05, 0) is 44.4 Å². The van der Waals surface area contributed by atoms with Crippen LogP contribution in [0.4, 0.5) is 5.69 Å². The lowest BCUT2D eigenvalue weighted by Crippen LogP contribution is -2.26. The molecule has 57 heavy (non-hydrogen) atoms. The van der Waals surface area contributed by atoms with E-state index in [1.165, 1.54) is 211 Å². The van der Waals surface area contributed by atoms with Gasteiger partial charge in [-0.15, -0.1) is 0 Å². The van der Waals surface area contributed by atoms with Gasteiger partial charge in [0.25, 0.3) is 0 Å². The molecule has 318 valence electrons. The van der Waals surface area contributed by atoms with Crippen LogP contribution in [-0.2, 0) is 4.74 Å². The maximum absolute atomic E-state index is 10.1. The average Bonchev–Trinajstić information content (AvgIpc) is 3.49. The van der Waals surface area contributed by atoms with Gasteiger partial charge in [0.05, 0.1) is 0 Å². The first-order valence-corrected chi connectivity index (χ1v) is 24.2. The smallest absolute Gasteiger partial charge is 0.172 e. The lowest BCUT2D eigenvalue weighted by molar-refractivity contribution is 0.109. The van der Waals surface area contributed by atoms with Crippen molar-refractivity contribution in [2.24, 2.45) is 0 Å². The minimum Gasteiger partial charge on any atom is -0.480 e. The molecule has 0 bridgehead atoms. The van der Waals surface area contributed by atoms with Crippen LogP contribution in [0.15, 0.2) is 41.2 Å². The van der Waals surface area contributed by atoms with E-state index in [4.69, 9.17) is 4.74 Å². The van der Waals surface area contributed by atoms with Gasteiger partial charge in [0, 0.05) is 24.4 Å². The Hall–Kier alpha value is -3.23. The molecule has 2 rings (SSSR count). The summed E-state index contributed by atoms with van der Waals surface area (Å²) in [5.41, 5.74) is 2.16. The van der Waals surface area contributed by atoms with Crippen LogP contribution in [0.25, 0.3) is 5.57 Å². The van der Waals surface area contributed by atoms with Crippen molar-refractivity contribution in [3.63, 3.8) is 0 Å². The fourth-order valence-electron chi connectivity index (χ4n) is 8.58. The number of allylic oxidation sites excluding steroid dienone is 2. The van der Waals surface area contributed by atoms with Gasteiger partial charge >= 0.3 is 0 Å². The van der Waals surface area contributed by atoms with Crippen molar-refractivity contribution < 1.29 is 4.74 Å². The highest BCUT2D eigenvalue weighted by molar-refractivity contribution is 5.84. The summed E-state index contributed by atoms with van der Waals surface area (Å²) in [6.07, 6.45) is 44.2. The summed E-state index contributed by atoms with van der Waals surface area (Å²) in [5.74, 6) is 0.0974. The molecule has 0 amide bonds. The number of nitriles is 3. The zero-order chi connectivity index (χ0) is 41.2. The number of rotatable bonds is 36. The number of ether oxygens (including phenoxy) is 1. The van der Waals surface area contributed by atoms with Gasteiger partial charge in [0.2, 0.25) is 0 Å². The van der Waals surface area contributed by atoms with Crippen molar-refractivity contribution in [1.82, 2.24) is 0 Å². The van der Waals surface area contributed by atoms with Crippen LogP contribution in [0.5, 0.6) is 0 Å². The van der Waals surface area contributed by atoms with E-state index in [-0.39, 0.29) is 16.9 Å². The molecule has 0 spiro atoms. The molecule has 1 aromatic carbocycles. The van der Waals surface area contributed by atoms with E-state index in [9.17, 15) is 15.8 Å². The Kier molecular flexibility index (Phi) is 28.6. The minimum absolute atomic E-state index is 0.0974. The quantitative estimate of drug-likeness (QED) is 0.0500. The summed E-state index contributed by atoms with van der Waals surface area (Å²) in [6, 6.07) is 14.6. The SMILES string of the molecule is CCCCCCCCCCCCCCCCCCN(CCCCCCCCCCCCCCCCCC)c1ccc(C2=C(C#N)C(=C(C#N)C#N)OC2(C)C)cc1. The standard InChI is InChI=1S/C52H84N4O/c1-5-7-9-11-13-15-17-19-21-23-25-27-29-31-33-35-41-56(42-36-34-32-30-28-26-24-22-20-18-16-14-12-10-8-6-2)48-39-37-46(38-40-48)50-49(45-55)51(47(43-53)44-54)57-52(50,3)4/h37-40H,5-36,41-42H2,1-4H3. The molecular weight excluding hydrogens is 697 g/mol. The van der Waals surface area contributed by atoms with Crippen LogP contribution in [-0.4, -0.2) is 18.7 Å². The summed E-state index contributed by atoms with van der Waals surface area (Å²) in [5, 5.41) is 29.1. The van der Waals surface area contributed by atoms with Gasteiger partial charge in [0.1, 0.15) is 29.4 Å². The Balaban J connectivity index is 1.81. The monoisotopic (exact) mass is 781 g/mol. The second-order valence-electron chi connectivity index (χ2n) is 17.5. The van der Waals surface area contributed by atoms with Crippen molar-refractivity contribution in [3.05, 3.63) is 46.7 Å². The fourth-order valence-corrected chi connectivity index (χ4v) is 8.58. The van der Waals surface area contributed by atoms with E-state index < -0.39 is 5.60 Å². The van der Waals surface area contributed by atoms with Gasteiger partial charge in [0.15, 0.2) is 11.3 Å². The van der Waals surface area contributed by atoms with Crippen molar-refractivity contribution in [3.8, 4) is 18.2 Å². The minimum atomic E-state index is -0.818. The largest absolute Gasteiger partial charge is 0.480 e. The van der Waals surface area contributed by atoms with Gasteiger partial charge in [-0.1, -0.05) is 219 Å². The highest BCUT2D eigenvalue weighted by Gasteiger charge is 2.40. The predicted molar refractivity (Wildman–Crippen MR) is 244 cm³/mol. The molecule has 0 saturated carbocycles. The van der Waals surface area contributed by atoms with Crippen molar-refractivity contribution >= 4 is 11.3 Å². The highest BCUT2D eigenvalue weighted by Crippen LogP contribution is 2.45. The topological polar surface area (TPSA) is 83.8 Å². The molecule has 0 fully saturated rings. The number of anilines is 1. The van der Waals surface area contributed by atoms with E-state index in [1.807, 2.05) is 26.0 Å². The molecule has 0 N–H and O–H groups in total. The molecule has 0 aromatic heterocycles. The van der Waals surface area contributed by atoms with Crippen LogP contribution in [0.2, 0.25) is 0 Å². The molecule has 5 heteroatoms. The molecule has 1 aromatic rings. The molecule has 0 atom stereocenters. The number of benzene rings is 1. The summed E-state index contributed by atoms with van der Waals surface area (Å²) >= 11 is 0. The van der Waals surface area contributed by atoms with E-state index in [1.54, 1.807) is 0 Å². The molecule has 0 radical (unpaired) electrons. The highest BCUT2D eigenvalue weighted by atomic mass is 16.5. The van der Waals surface area contributed by atoms with Crippen molar-refractivity contribution in [2.75, 3.05) is 18.0 Å². The Morgan fingerprint density at radius 3 is 1.11 bits per heavy atom. The first-order valence-electron chi connectivity index (χ1n) is 24.2. The summed E-state index contributed by atoms with van der Waals surface area (Å²) < 4.78 is 6.05. The third-order valence-electron chi connectivity index (χ3n) is 12.1. The van der Waals surface area contributed by atoms with E-state index in [2.05, 4.69) is 49.1 Å². The average molecular weight is 781 g/mol. The fraction of sp³-hybridized carbons (Fsp3) is 0.750. The van der Waals surface area contributed by atoms with Crippen LogP contribution in [0.1, 0.15) is 239 Å². The number of hydrogen-bond acceptors (Lipinski definition) is 5. The first kappa shape index (κ1) is 49.9. The Morgan fingerprint density at radius 1 is 0.491 bits per heavy atom. The molecule has 1 heterocycles. The Labute approximate surface area is 352 Å². The number of nitrogens with zero attached hydrogens (tertiary/aromatic N) is 4. The molecule has 0 saturated heterocycles. The first-order chi connectivity index (χ1) is 27.9. The summed E-state index contributed by atoms with van der Waals surface area (Å²) in [7, 11) is 0. The third-order valence-corrected chi connectivity index (χ3v) is 12.1. The zero-order valence-corrected chi connectivity index (χ0v) is 37.5. The van der Waals surface area contributed by atoms with Crippen LogP contribution >= 0.6 is 0 Å². The lowest BCUT2D eigenvalue weighted by atomic mass is 9.89. The van der Waals surface area contributed by atoms with Crippen LogP contribution in [0, 0.1) is 34.0 Å². The molecule has 0 unspecified atom stereocenters. The predicted octanol–water partition coefficient (Wildman–Crippen LogP) is 16.4. The molecule has 0 aliphatic carbocycles. The van der Waals surface area contributed by atoms with E-state index in [0.717, 1.165) is 24.2 Å². The third kappa shape index (κ3) is 21.4. The van der Waals surface area contributed by atoms with Crippen LogP contribution in [0.3, 0.4) is 0 Å². The Bertz CT molecular complexity index is 1320. The lowest BCUT2D eigenvalue weighted by Gasteiger charge is -2.26. The Morgan fingerprint density at radius 2 is 0.807 bits per heavy atom.